The molecule has 0 bridgehead atoms. The topological polar surface area (TPSA) is 48.7 Å². The number of likely N-dealkylation sites (tertiary alicyclic amines) is 1. The number of piperidine rings is 1. The van der Waals surface area contributed by atoms with E-state index in [1.54, 1.807) is 6.20 Å². The van der Waals surface area contributed by atoms with Crippen LogP contribution >= 0.6 is 0 Å². The molecule has 0 radical (unpaired) electrons. The number of rotatable bonds is 2. The number of nitrogens with zero attached hydrogens (tertiary/aromatic N) is 3. The predicted molar refractivity (Wildman–Crippen MR) is 62.5 cm³/mol. The number of halogens is 1. The van der Waals surface area contributed by atoms with Crippen molar-refractivity contribution in [3.05, 3.63) is 29.8 Å². The lowest BCUT2D eigenvalue weighted by Crippen LogP contribution is -2.39. The van der Waals surface area contributed by atoms with Crippen molar-refractivity contribution in [1.29, 1.82) is 0 Å². The molecule has 1 saturated heterocycles. The van der Waals surface area contributed by atoms with E-state index in [9.17, 15) is 4.39 Å². The van der Waals surface area contributed by atoms with Gasteiger partial charge in [-0.3, -0.25) is 9.88 Å². The van der Waals surface area contributed by atoms with Gasteiger partial charge in [0.2, 0.25) is 0 Å². The summed E-state index contributed by atoms with van der Waals surface area (Å²) >= 11 is 0. The highest BCUT2D eigenvalue weighted by Gasteiger charge is 2.22. The zero-order valence-electron chi connectivity index (χ0n) is 9.80. The van der Waals surface area contributed by atoms with Crippen LogP contribution in [0.4, 0.5) is 4.39 Å². The molecule has 1 atom stereocenters. The van der Waals surface area contributed by atoms with E-state index >= 15 is 0 Å². The van der Waals surface area contributed by atoms with Gasteiger partial charge in [-0.1, -0.05) is 12.1 Å². The quantitative estimate of drug-likeness (QED) is 0.631. The van der Waals surface area contributed by atoms with Crippen LogP contribution in [0.3, 0.4) is 0 Å². The number of hydrogen-bond acceptors (Lipinski definition) is 4. The van der Waals surface area contributed by atoms with E-state index in [4.69, 9.17) is 5.21 Å². The van der Waals surface area contributed by atoms with Crippen LogP contribution in [0.25, 0.3) is 0 Å². The molecule has 2 rings (SSSR count). The van der Waals surface area contributed by atoms with Gasteiger partial charge in [0.05, 0.1) is 11.9 Å². The van der Waals surface area contributed by atoms with Gasteiger partial charge in [-0.2, -0.15) is 0 Å². The molecule has 5 heteroatoms. The van der Waals surface area contributed by atoms with Crippen LogP contribution in [0.5, 0.6) is 0 Å². The highest BCUT2D eigenvalue weighted by molar-refractivity contribution is 5.86. The molecule has 0 aliphatic carbocycles. The summed E-state index contributed by atoms with van der Waals surface area (Å²) in [6.07, 6.45) is 3.66. The molecular weight excluding hydrogens is 221 g/mol. The van der Waals surface area contributed by atoms with Crippen LogP contribution in [0.1, 0.15) is 18.9 Å². The summed E-state index contributed by atoms with van der Waals surface area (Å²) in [6, 6.07) is 1.51. The van der Waals surface area contributed by atoms with Crippen LogP contribution in [-0.2, 0) is 6.54 Å². The van der Waals surface area contributed by atoms with Crippen molar-refractivity contribution in [3.63, 3.8) is 0 Å². The van der Waals surface area contributed by atoms with Crippen LogP contribution < -0.4 is 0 Å². The third-order valence-electron chi connectivity index (χ3n) is 3.08. The molecule has 0 aromatic carbocycles. The SMILES string of the molecule is CC1CN(Cc2cncc(F)c2)CC/C1=N\O. The maximum atomic E-state index is 13.0. The number of aromatic nitrogens is 1. The van der Waals surface area contributed by atoms with E-state index in [1.165, 1.54) is 12.3 Å². The van der Waals surface area contributed by atoms with Crippen molar-refractivity contribution in [3.8, 4) is 0 Å². The van der Waals surface area contributed by atoms with Crippen molar-refractivity contribution < 1.29 is 9.60 Å². The first-order valence-corrected chi connectivity index (χ1v) is 5.71. The number of oxime groups is 1. The molecule has 4 nitrogen and oxygen atoms in total. The van der Waals surface area contributed by atoms with Gasteiger partial charge in [0, 0.05) is 38.2 Å². The average Bonchev–Trinajstić information content (AvgIpc) is 2.29. The third-order valence-corrected chi connectivity index (χ3v) is 3.08. The Kier molecular flexibility index (Phi) is 3.68. The van der Waals surface area contributed by atoms with Gasteiger partial charge in [0.15, 0.2) is 0 Å². The average molecular weight is 237 g/mol. The highest BCUT2D eigenvalue weighted by Crippen LogP contribution is 2.16. The molecule has 1 aromatic rings. The van der Waals surface area contributed by atoms with E-state index < -0.39 is 0 Å². The smallest absolute Gasteiger partial charge is 0.141 e. The minimum absolute atomic E-state index is 0.246. The molecule has 1 aromatic heterocycles. The Labute approximate surface area is 99.8 Å². The minimum Gasteiger partial charge on any atom is -0.411 e. The van der Waals surface area contributed by atoms with Crippen LogP contribution in [0.15, 0.2) is 23.6 Å². The monoisotopic (exact) mass is 237 g/mol. The van der Waals surface area contributed by atoms with E-state index in [0.717, 1.165) is 30.8 Å². The Morgan fingerprint density at radius 2 is 2.41 bits per heavy atom. The summed E-state index contributed by atoms with van der Waals surface area (Å²) in [6.45, 7) is 4.38. The summed E-state index contributed by atoms with van der Waals surface area (Å²) in [7, 11) is 0. The molecule has 0 spiro atoms. The Morgan fingerprint density at radius 1 is 1.59 bits per heavy atom. The lowest BCUT2D eigenvalue weighted by atomic mass is 9.97. The fourth-order valence-electron chi connectivity index (χ4n) is 2.20. The van der Waals surface area contributed by atoms with E-state index in [-0.39, 0.29) is 11.7 Å². The predicted octanol–water partition coefficient (Wildman–Crippen LogP) is 1.89. The van der Waals surface area contributed by atoms with Gasteiger partial charge < -0.3 is 5.21 Å². The van der Waals surface area contributed by atoms with Gasteiger partial charge in [-0.25, -0.2) is 4.39 Å². The second kappa shape index (κ2) is 5.23. The summed E-state index contributed by atoms with van der Waals surface area (Å²) in [5.74, 6) is -0.0552. The number of pyridine rings is 1. The van der Waals surface area contributed by atoms with Crippen molar-refractivity contribution in [2.45, 2.75) is 19.9 Å². The Morgan fingerprint density at radius 3 is 3.06 bits per heavy atom. The Bertz CT molecular complexity index is 422. The van der Waals surface area contributed by atoms with Crippen LogP contribution in [0, 0.1) is 11.7 Å². The highest BCUT2D eigenvalue weighted by atomic mass is 19.1. The zero-order chi connectivity index (χ0) is 12.3. The maximum absolute atomic E-state index is 13.0. The van der Waals surface area contributed by atoms with Crippen LogP contribution in [0.2, 0.25) is 0 Å². The largest absolute Gasteiger partial charge is 0.411 e. The van der Waals surface area contributed by atoms with Crippen LogP contribution in [-0.4, -0.2) is 33.9 Å². The minimum atomic E-state index is -0.301. The van der Waals surface area contributed by atoms with Crippen molar-refractivity contribution in [2.24, 2.45) is 11.1 Å². The fraction of sp³-hybridized carbons (Fsp3) is 0.500. The van der Waals surface area contributed by atoms with Gasteiger partial charge in [-0.15, -0.1) is 0 Å². The molecule has 2 heterocycles. The Hall–Kier alpha value is -1.49. The molecule has 1 unspecified atom stereocenters. The first-order valence-electron chi connectivity index (χ1n) is 5.71. The molecule has 1 fully saturated rings. The maximum Gasteiger partial charge on any atom is 0.141 e. The van der Waals surface area contributed by atoms with E-state index in [1.807, 2.05) is 6.92 Å². The first-order chi connectivity index (χ1) is 8.19. The molecular formula is C12H16FN3O. The van der Waals surface area contributed by atoms with Gasteiger partial charge in [0.25, 0.3) is 0 Å². The molecule has 92 valence electrons. The van der Waals surface area contributed by atoms with Gasteiger partial charge >= 0.3 is 0 Å². The summed E-state index contributed by atoms with van der Waals surface area (Å²) in [5, 5.41) is 12.1. The fourth-order valence-corrected chi connectivity index (χ4v) is 2.20. The zero-order valence-corrected chi connectivity index (χ0v) is 9.80. The summed E-state index contributed by atoms with van der Waals surface area (Å²) in [4.78, 5) is 6.05. The lowest BCUT2D eigenvalue weighted by molar-refractivity contribution is 0.228. The van der Waals surface area contributed by atoms with E-state index in [0.29, 0.717) is 6.54 Å². The van der Waals surface area contributed by atoms with Crippen molar-refractivity contribution in [1.82, 2.24) is 9.88 Å². The second-order valence-corrected chi connectivity index (χ2v) is 4.49. The normalized spacial score (nSPS) is 24.1. The summed E-state index contributed by atoms with van der Waals surface area (Å²) < 4.78 is 13.0. The molecule has 1 N–H and O–H groups in total. The first kappa shape index (κ1) is 12.0. The van der Waals surface area contributed by atoms with Gasteiger partial charge in [0.1, 0.15) is 5.82 Å². The molecule has 0 saturated carbocycles. The molecule has 0 amide bonds. The standard InChI is InChI=1S/C12H16FN3O/c1-9-7-16(3-2-12(9)15-17)8-10-4-11(13)6-14-5-10/h4-6,9,17H,2-3,7-8H2,1H3/b15-12+. The Balaban J connectivity index is 1.97. The van der Waals surface area contributed by atoms with Crippen molar-refractivity contribution >= 4 is 5.71 Å². The number of hydrogen-bond donors (Lipinski definition) is 1. The summed E-state index contributed by atoms with van der Waals surface area (Å²) in [5.41, 5.74) is 1.72. The molecule has 17 heavy (non-hydrogen) atoms. The second-order valence-electron chi connectivity index (χ2n) is 4.49. The van der Waals surface area contributed by atoms with Crippen molar-refractivity contribution in [2.75, 3.05) is 13.1 Å². The van der Waals surface area contributed by atoms with Gasteiger partial charge in [-0.05, 0) is 11.6 Å². The van der Waals surface area contributed by atoms with E-state index in [2.05, 4.69) is 15.0 Å². The molecule has 1 aliphatic rings. The molecule has 1 aliphatic heterocycles. The third kappa shape index (κ3) is 3.00. The lowest BCUT2D eigenvalue weighted by Gasteiger charge is -2.31.